The van der Waals surface area contributed by atoms with Crippen molar-refractivity contribution < 1.29 is 14.0 Å². The lowest BCUT2D eigenvalue weighted by atomic mass is 10.1. The minimum atomic E-state index is -0.425. The van der Waals surface area contributed by atoms with Gasteiger partial charge >= 0.3 is 0 Å². The summed E-state index contributed by atoms with van der Waals surface area (Å²) in [7, 11) is 0. The molecule has 1 saturated heterocycles. The first-order chi connectivity index (χ1) is 13.1. The molecule has 1 amide bonds. The summed E-state index contributed by atoms with van der Waals surface area (Å²) in [6, 6.07) is 13.8. The van der Waals surface area contributed by atoms with Gasteiger partial charge in [-0.3, -0.25) is 19.4 Å². The van der Waals surface area contributed by atoms with Gasteiger partial charge < -0.3 is 4.90 Å². The number of halogens is 1. The number of benzene rings is 2. The Morgan fingerprint density at radius 3 is 2.22 bits per heavy atom. The molecule has 140 valence electrons. The molecule has 0 aliphatic carbocycles. The van der Waals surface area contributed by atoms with Crippen LogP contribution in [0.3, 0.4) is 0 Å². The molecule has 2 aliphatic rings. The van der Waals surface area contributed by atoms with Crippen LogP contribution in [0.5, 0.6) is 0 Å². The normalized spacial score (nSPS) is 18.2. The number of fused-ring (bicyclic) bond motifs is 1. The number of piperazine rings is 1. The predicted octanol–water partition coefficient (Wildman–Crippen LogP) is 2.17. The third-order valence-corrected chi connectivity index (χ3v) is 5.30. The van der Waals surface area contributed by atoms with E-state index in [2.05, 4.69) is 9.80 Å². The summed E-state index contributed by atoms with van der Waals surface area (Å²) in [5, 5.41) is 0. The first-order valence-corrected chi connectivity index (χ1v) is 9.26. The van der Waals surface area contributed by atoms with E-state index in [9.17, 15) is 14.0 Å². The van der Waals surface area contributed by atoms with E-state index in [0.717, 1.165) is 50.5 Å². The van der Waals surface area contributed by atoms with Gasteiger partial charge in [-0.2, -0.15) is 0 Å². The number of nitrogens with zero attached hydrogens (tertiary/aromatic N) is 3. The van der Waals surface area contributed by atoms with Crippen molar-refractivity contribution in [3.63, 3.8) is 0 Å². The van der Waals surface area contributed by atoms with Crippen molar-refractivity contribution in [2.45, 2.75) is 6.54 Å². The number of hydrogen-bond donors (Lipinski definition) is 0. The lowest BCUT2D eigenvalue weighted by molar-refractivity contribution is -0.114. The molecule has 27 heavy (non-hydrogen) atoms. The van der Waals surface area contributed by atoms with E-state index < -0.39 is 11.7 Å². The molecule has 0 aromatic heterocycles. The molecule has 1 fully saturated rings. The third-order valence-electron chi connectivity index (χ3n) is 5.30. The van der Waals surface area contributed by atoms with E-state index in [0.29, 0.717) is 12.1 Å². The van der Waals surface area contributed by atoms with Gasteiger partial charge in [0.1, 0.15) is 5.82 Å². The first kappa shape index (κ1) is 17.8. The Balaban J connectivity index is 1.28. The molecule has 0 spiro atoms. The Bertz CT molecular complexity index is 845. The summed E-state index contributed by atoms with van der Waals surface area (Å²) < 4.78 is 13.0. The number of anilines is 1. The van der Waals surface area contributed by atoms with Crippen LogP contribution in [0.25, 0.3) is 0 Å². The van der Waals surface area contributed by atoms with Gasteiger partial charge in [-0.05, 0) is 29.8 Å². The van der Waals surface area contributed by atoms with Gasteiger partial charge in [0.25, 0.3) is 11.7 Å². The first-order valence-electron chi connectivity index (χ1n) is 9.26. The standard InChI is InChI=1S/C21H22FN3O2/c22-17-7-5-16(6-8-17)15-24-11-9-23(10-12-24)13-14-25-19-4-2-1-3-18(19)20(26)21(25)27/h1-8H,9-15H2. The maximum Gasteiger partial charge on any atom is 0.299 e. The minimum absolute atomic E-state index is 0.208. The monoisotopic (exact) mass is 367 g/mol. The second-order valence-electron chi connectivity index (χ2n) is 7.05. The number of rotatable bonds is 5. The van der Waals surface area contributed by atoms with E-state index in [1.807, 2.05) is 24.3 Å². The predicted molar refractivity (Wildman–Crippen MR) is 101 cm³/mol. The van der Waals surface area contributed by atoms with Crippen molar-refractivity contribution in [1.29, 1.82) is 0 Å². The Morgan fingerprint density at radius 1 is 0.815 bits per heavy atom. The molecular weight excluding hydrogens is 345 g/mol. The summed E-state index contributed by atoms with van der Waals surface area (Å²) in [5.74, 6) is -1.04. The molecule has 0 atom stereocenters. The minimum Gasteiger partial charge on any atom is -0.303 e. The fourth-order valence-electron chi connectivity index (χ4n) is 3.73. The molecule has 2 aromatic carbocycles. The molecule has 0 radical (unpaired) electrons. The van der Waals surface area contributed by atoms with Gasteiger partial charge in [-0.1, -0.05) is 24.3 Å². The zero-order valence-electron chi connectivity index (χ0n) is 15.1. The molecule has 0 saturated carbocycles. The van der Waals surface area contributed by atoms with Crippen molar-refractivity contribution >= 4 is 17.4 Å². The van der Waals surface area contributed by atoms with Gasteiger partial charge in [0.05, 0.1) is 11.3 Å². The van der Waals surface area contributed by atoms with Crippen LogP contribution in [0.15, 0.2) is 48.5 Å². The molecule has 2 aliphatic heterocycles. The second-order valence-corrected chi connectivity index (χ2v) is 7.05. The lowest BCUT2D eigenvalue weighted by Crippen LogP contribution is -2.48. The van der Waals surface area contributed by atoms with E-state index >= 15 is 0 Å². The smallest absolute Gasteiger partial charge is 0.299 e. The number of ketones is 1. The van der Waals surface area contributed by atoms with Crippen LogP contribution in [0.4, 0.5) is 10.1 Å². The zero-order valence-corrected chi connectivity index (χ0v) is 15.1. The van der Waals surface area contributed by atoms with Crippen molar-refractivity contribution in [2.75, 3.05) is 44.2 Å². The molecule has 2 heterocycles. The Morgan fingerprint density at radius 2 is 1.48 bits per heavy atom. The van der Waals surface area contributed by atoms with Crippen LogP contribution in [-0.4, -0.2) is 60.8 Å². The van der Waals surface area contributed by atoms with Crippen molar-refractivity contribution in [2.24, 2.45) is 0 Å². The average Bonchev–Trinajstić information content (AvgIpc) is 2.94. The highest BCUT2D eigenvalue weighted by Crippen LogP contribution is 2.28. The summed E-state index contributed by atoms with van der Waals surface area (Å²) in [6.45, 7) is 5.79. The zero-order chi connectivity index (χ0) is 18.8. The number of Topliss-reactive ketones (excluding diaryl/α,β-unsaturated/α-hetero) is 1. The van der Waals surface area contributed by atoms with E-state index in [-0.39, 0.29) is 5.82 Å². The van der Waals surface area contributed by atoms with E-state index in [1.54, 1.807) is 17.0 Å². The number of amides is 1. The number of carbonyl (C=O) groups excluding carboxylic acids is 2. The third kappa shape index (κ3) is 3.77. The van der Waals surface area contributed by atoms with Gasteiger partial charge in [0.15, 0.2) is 0 Å². The quantitative estimate of drug-likeness (QED) is 0.760. The Labute approximate surface area is 158 Å². The van der Waals surface area contributed by atoms with Crippen LogP contribution >= 0.6 is 0 Å². The van der Waals surface area contributed by atoms with Gasteiger partial charge in [0.2, 0.25) is 0 Å². The van der Waals surface area contributed by atoms with Crippen molar-refractivity contribution in [3.8, 4) is 0 Å². The lowest BCUT2D eigenvalue weighted by Gasteiger charge is -2.35. The number of hydrogen-bond acceptors (Lipinski definition) is 4. The SMILES string of the molecule is O=C1C(=O)N(CCN2CCN(Cc3ccc(F)cc3)CC2)c2ccccc21. The average molecular weight is 367 g/mol. The van der Waals surface area contributed by atoms with Crippen LogP contribution in [0.1, 0.15) is 15.9 Å². The molecule has 2 aromatic rings. The second kappa shape index (κ2) is 7.58. The molecule has 5 nitrogen and oxygen atoms in total. The Hall–Kier alpha value is -2.57. The molecular formula is C21H22FN3O2. The number of para-hydroxylation sites is 1. The van der Waals surface area contributed by atoms with Crippen LogP contribution in [0.2, 0.25) is 0 Å². The topological polar surface area (TPSA) is 43.9 Å². The largest absolute Gasteiger partial charge is 0.303 e. The summed E-state index contributed by atoms with van der Waals surface area (Å²) in [5.41, 5.74) is 2.34. The van der Waals surface area contributed by atoms with Crippen molar-refractivity contribution in [3.05, 3.63) is 65.5 Å². The van der Waals surface area contributed by atoms with Crippen molar-refractivity contribution in [1.82, 2.24) is 9.80 Å². The van der Waals surface area contributed by atoms with Gasteiger partial charge in [0, 0.05) is 45.8 Å². The molecule has 0 bridgehead atoms. The van der Waals surface area contributed by atoms with E-state index in [1.165, 1.54) is 12.1 Å². The molecule has 0 unspecified atom stereocenters. The van der Waals surface area contributed by atoms with Crippen LogP contribution < -0.4 is 4.90 Å². The molecule has 4 rings (SSSR count). The summed E-state index contributed by atoms with van der Waals surface area (Å²) >= 11 is 0. The van der Waals surface area contributed by atoms with Crippen LogP contribution in [0, 0.1) is 5.82 Å². The number of carbonyl (C=O) groups is 2. The van der Waals surface area contributed by atoms with Gasteiger partial charge in [-0.25, -0.2) is 4.39 Å². The highest BCUT2D eigenvalue weighted by Gasteiger charge is 2.35. The summed E-state index contributed by atoms with van der Waals surface area (Å²) in [4.78, 5) is 30.6. The van der Waals surface area contributed by atoms with Gasteiger partial charge in [-0.15, -0.1) is 0 Å². The fraction of sp³-hybridized carbons (Fsp3) is 0.333. The highest BCUT2D eigenvalue weighted by atomic mass is 19.1. The molecule has 0 N–H and O–H groups in total. The summed E-state index contributed by atoms with van der Waals surface area (Å²) in [6.07, 6.45) is 0. The van der Waals surface area contributed by atoms with Crippen LogP contribution in [-0.2, 0) is 11.3 Å². The maximum absolute atomic E-state index is 13.0. The Kier molecular flexibility index (Phi) is 5.01. The van der Waals surface area contributed by atoms with E-state index in [4.69, 9.17) is 0 Å². The fourth-order valence-corrected chi connectivity index (χ4v) is 3.73. The maximum atomic E-state index is 13.0. The molecule has 6 heteroatoms. The highest BCUT2D eigenvalue weighted by molar-refractivity contribution is 6.52.